The van der Waals surface area contributed by atoms with Gasteiger partial charge in [-0.2, -0.15) is 0 Å². The molecule has 0 amide bonds. The normalized spacial score (nSPS) is 12.4. The zero-order valence-electron chi connectivity index (χ0n) is 11.3. The number of aromatic nitrogens is 1. The van der Waals surface area contributed by atoms with E-state index >= 15 is 0 Å². The molecule has 0 saturated heterocycles. The Labute approximate surface area is 118 Å². The first-order chi connectivity index (χ1) is 9.10. The number of nitrogens with two attached hydrogens (primary N) is 1. The van der Waals surface area contributed by atoms with Crippen LogP contribution in [0.15, 0.2) is 36.5 Å². The van der Waals surface area contributed by atoms with Gasteiger partial charge < -0.3 is 15.0 Å². The lowest BCUT2D eigenvalue weighted by atomic mass is 10.1. The number of hydrogen-bond acceptors (Lipinski definition) is 2. The summed E-state index contributed by atoms with van der Waals surface area (Å²) in [6.07, 6.45) is 2.91. The molecule has 0 aliphatic rings. The first-order valence-electron chi connectivity index (χ1n) is 6.32. The average molecular weight is 279 g/mol. The minimum Gasteiger partial charge on any atom is -0.496 e. The Morgan fingerprint density at radius 2 is 2.16 bits per heavy atom. The van der Waals surface area contributed by atoms with E-state index in [4.69, 9.17) is 22.1 Å². The molecular weight excluding hydrogens is 260 g/mol. The largest absolute Gasteiger partial charge is 0.496 e. The van der Waals surface area contributed by atoms with Crippen LogP contribution in [0.2, 0.25) is 5.02 Å². The third-order valence-corrected chi connectivity index (χ3v) is 3.27. The van der Waals surface area contributed by atoms with Gasteiger partial charge in [0.05, 0.1) is 13.7 Å². The maximum Gasteiger partial charge on any atom is 0.123 e. The number of rotatable bonds is 5. The minimum absolute atomic E-state index is 0.148. The number of nitrogens with zero attached hydrogens (tertiary/aromatic N) is 1. The summed E-state index contributed by atoms with van der Waals surface area (Å²) >= 11 is 6.05. The van der Waals surface area contributed by atoms with Gasteiger partial charge in [0.15, 0.2) is 0 Å². The maximum atomic E-state index is 6.05. The first kappa shape index (κ1) is 14.0. The lowest BCUT2D eigenvalue weighted by Crippen LogP contribution is -2.20. The molecule has 1 heterocycles. The Morgan fingerprint density at radius 3 is 2.84 bits per heavy atom. The van der Waals surface area contributed by atoms with Crippen LogP contribution in [0.4, 0.5) is 0 Å². The van der Waals surface area contributed by atoms with Gasteiger partial charge in [0.1, 0.15) is 5.75 Å². The molecule has 2 rings (SSSR count). The molecule has 4 heteroatoms. The molecular formula is C15H19ClN2O. The molecule has 1 aromatic heterocycles. The Morgan fingerprint density at radius 1 is 1.37 bits per heavy atom. The second-order valence-electron chi connectivity index (χ2n) is 4.77. The number of ether oxygens (including phenoxy) is 1. The molecule has 0 radical (unpaired) electrons. The highest BCUT2D eigenvalue weighted by atomic mass is 35.5. The standard InChI is InChI=1S/C15H19ClN2O/c1-11(17)8-14-4-3-7-18(14)10-12-9-13(16)5-6-15(12)19-2/h3-7,9,11H,8,10,17H2,1-2H3. The van der Waals surface area contributed by atoms with Crippen LogP contribution >= 0.6 is 11.6 Å². The third-order valence-electron chi connectivity index (χ3n) is 3.04. The molecule has 102 valence electrons. The lowest BCUT2D eigenvalue weighted by Gasteiger charge is -2.14. The van der Waals surface area contributed by atoms with Crippen LogP contribution < -0.4 is 10.5 Å². The lowest BCUT2D eigenvalue weighted by molar-refractivity contribution is 0.408. The molecule has 0 aliphatic carbocycles. The molecule has 1 atom stereocenters. The van der Waals surface area contributed by atoms with E-state index in [1.807, 2.05) is 31.2 Å². The van der Waals surface area contributed by atoms with Crippen LogP contribution in [-0.4, -0.2) is 17.7 Å². The van der Waals surface area contributed by atoms with Crippen molar-refractivity contribution in [3.8, 4) is 5.75 Å². The van der Waals surface area contributed by atoms with E-state index in [0.717, 1.165) is 29.3 Å². The van der Waals surface area contributed by atoms with Gasteiger partial charge in [0, 0.05) is 34.9 Å². The number of methoxy groups -OCH3 is 1. The fraction of sp³-hybridized carbons (Fsp3) is 0.333. The van der Waals surface area contributed by atoms with Crippen molar-refractivity contribution in [2.24, 2.45) is 5.73 Å². The fourth-order valence-corrected chi connectivity index (χ4v) is 2.37. The minimum atomic E-state index is 0.148. The third kappa shape index (κ3) is 3.52. The average Bonchev–Trinajstić information content (AvgIpc) is 2.76. The van der Waals surface area contributed by atoms with Crippen LogP contribution in [0.1, 0.15) is 18.2 Å². The smallest absolute Gasteiger partial charge is 0.123 e. The summed E-state index contributed by atoms with van der Waals surface area (Å²) in [6.45, 7) is 2.75. The van der Waals surface area contributed by atoms with E-state index in [1.165, 1.54) is 5.69 Å². The van der Waals surface area contributed by atoms with Crippen LogP contribution in [0, 0.1) is 0 Å². The summed E-state index contributed by atoms with van der Waals surface area (Å²) in [4.78, 5) is 0. The van der Waals surface area contributed by atoms with Crippen molar-refractivity contribution in [2.45, 2.75) is 25.9 Å². The second kappa shape index (κ2) is 6.13. The molecule has 0 bridgehead atoms. The Hall–Kier alpha value is -1.45. The topological polar surface area (TPSA) is 40.2 Å². The Kier molecular flexibility index (Phi) is 4.51. The second-order valence-corrected chi connectivity index (χ2v) is 5.20. The summed E-state index contributed by atoms with van der Waals surface area (Å²) in [5.41, 5.74) is 8.15. The predicted molar refractivity (Wildman–Crippen MR) is 78.9 cm³/mol. The van der Waals surface area contributed by atoms with Crippen molar-refractivity contribution >= 4 is 11.6 Å². The molecule has 2 N–H and O–H groups in total. The van der Waals surface area contributed by atoms with Gasteiger partial charge >= 0.3 is 0 Å². The van der Waals surface area contributed by atoms with Gasteiger partial charge in [-0.15, -0.1) is 0 Å². The molecule has 0 aliphatic heterocycles. The van der Waals surface area contributed by atoms with Gasteiger partial charge in [0.2, 0.25) is 0 Å². The van der Waals surface area contributed by atoms with Crippen LogP contribution in [0.5, 0.6) is 5.75 Å². The van der Waals surface area contributed by atoms with E-state index in [-0.39, 0.29) is 6.04 Å². The summed E-state index contributed by atoms with van der Waals surface area (Å²) in [5.74, 6) is 0.852. The van der Waals surface area contributed by atoms with Crippen molar-refractivity contribution in [1.82, 2.24) is 4.57 Å². The molecule has 0 spiro atoms. The number of benzene rings is 1. The molecule has 1 unspecified atom stereocenters. The fourth-order valence-electron chi connectivity index (χ4n) is 2.17. The highest BCUT2D eigenvalue weighted by Gasteiger charge is 2.08. The molecule has 0 saturated carbocycles. The summed E-state index contributed by atoms with van der Waals surface area (Å²) in [7, 11) is 1.67. The quantitative estimate of drug-likeness (QED) is 0.913. The van der Waals surface area contributed by atoms with Crippen LogP contribution in [0.25, 0.3) is 0 Å². The molecule has 0 fully saturated rings. The van der Waals surface area contributed by atoms with Crippen molar-refractivity contribution in [1.29, 1.82) is 0 Å². The highest BCUT2D eigenvalue weighted by Crippen LogP contribution is 2.24. The highest BCUT2D eigenvalue weighted by molar-refractivity contribution is 6.30. The zero-order valence-corrected chi connectivity index (χ0v) is 12.0. The summed E-state index contributed by atoms with van der Waals surface area (Å²) in [6, 6.07) is 9.95. The zero-order chi connectivity index (χ0) is 13.8. The van der Waals surface area contributed by atoms with E-state index in [1.54, 1.807) is 7.11 Å². The van der Waals surface area contributed by atoms with Crippen molar-refractivity contribution in [3.05, 3.63) is 52.8 Å². The van der Waals surface area contributed by atoms with Crippen molar-refractivity contribution in [3.63, 3.8) is 0 Å². The summed E-state index contributed by atoms with van der Waals surface area (Å²) in [5, 5.41) is 0.719. The van der Waals surface area contributed by atoms with Gasteiger partial charge in [-0.25, -0.2) is 0 Å². The van der Waals surface area contributed by atoms with Gasteiger partial charge in [0.25, 0.3) is 0 Å². The molecule has 1 aromatic carbocycles. The predicted octanol–water partition coefficient (Wildman–Crippen LogP) is 3.09. The monoisotopic (exact) mass is 278 g/mol. The van der Waals surface area contributed by atoms with Crippen molar-refractivity contribution < 1.29 is 4.74 Å². The van der Waals surface area contributed by atoms with Crippen molar-refractivity contribution in [2.75, 3.05) is 7.11 Å². The van der Waals surface area contributed by atoms with Crippen LogP contribution in [-0.2, 0) is 13.0 Å². The van der Waals surface area contributed by atoms with Gasteiger partial charge in [-0.1, -0.05) is 11.6 Å². The Balaban J connectivity index is 2.26. The molecule has 2 aromatic rings. The first-order valence-corrected chi connectivity index (χ1v) is 6.70. The van der Waals surface area contributed by atoms with Crippen LogP contribution in [0.3, 0.4) is 0 Å². The SMILES string of the molecule is COc1ccc(Cl)cc1Cn1cccc1CC(C)N. The van der Waals surface area contributed by atoms with Gasteiger partial charge in [-0.05, 0) is 37.3 Å². The summed E-state index contributed by atoms with van der Waals surface area (Å²) < 4.78 is 7.55. The number of halogens is 1. The van der Waals surface area contributed by atoms with E-state index in [0.29, 0.717) is 0 Å². The van der Waals surface area contributed by atoms with Gasteiger partial charge in [-0.3, -0.25) is 0 Å². The molecule has 3 nitrogen and oxygen atoms in total. The van der Waals surface area contributed by atoms with E-state index < -0.39 is 0 Å². The van der Waals surface area contributed by atoms with E-state index in [2.05, 4.69) is 16.8 Å². The molecule has 19 heavy (non-hydrogen) atoms. The van der Waals surface area contributed by atoms with E-state index in [9.17, 15) is 0 Å². The maximum absolute atomic E-state index is 6.05. The number of hydrogen-bond donors (Lipinski definition) is 1. The Bertz CT molecular complexity index is 549.